The molecule has 142 valence electrons. The van der Waals surface area contributed by atoms with Gasteiger partial charge in [0.15, 0.2) is 0 Å². The van der Waals surface area contributed by atoms with E-state index in [1.165, 1.54) is 23.2 Å². The van der Waals surface area contributed by atoms with Gasteiger partial charge in [0.05, 0.1) is 0 Å². The fourth-order valence-corrected chi connectivity index (χ4v) is 4.81. The second-order valence-electron chi connectivity index (χ2n) is 10.6. The number of rotatable bonds is 0. The Balaban J connectivity index is 2.04. The molecular weight excluding hydrogens is 322 g/mol. The summed E-state index contributed by atoms with van der Waals surface area (Å²) in [5, 5.41) is 10.7. The molecule has 1 unspecified atom stereocenters. The topological polar surface area (TPSA) is 32.7 Å². The maximum Gasteiger partial charge on any atom is 0.221 e. The quantitative estimate of drug-likeness (QED) is 0.711. The SMILES string of the molecule is CC(C)(C)C1=Cc2cc3c4c(c2OC1O)C(C)(C)CCN4CCC3(C)C. The Hall–Kier alpha value is -1.48. The van der Waals surface area contributed by atoms with Crippen molar-refractivity contribution >= 4 is 11.8 Å². The summed E-state index contributed by atoms with van der Waals surface area (Å²) in [4.78, 5) is 2.54. The minimum atomic E-state index is -0.862. The summed E-state index contributed by atoms with van der Waals surface area (Å²) in [7, 11) is 0. The molecule has 1 atom stereocenters. The van der Waals surface area contributed by atoms with E-state index in [0.717, 1.165) is 36.4 Å². The molecule has 1 aromatic rings. The first-order valence-electron chi connectivity index (χ1n) is 9.95. The summed E-state index contributed by atoms with van der Waals surface area (Å²) in [5.41, 5.74) is 6.29. The lowest BCUT2D eigenvalue weighted by Gasteiger charge is -2.49. The van der Waals surface area contributed by atoms with E-state index in [2.05, 4.69) is 65.5 Å². The smallest absolute Gasteiger partial charge is 0.221 e. The molecule has 0 radical (unpaired) electrons. The molecule has 0 aromatic heterocycles. The Morgan fingerprint density at radius 2 is 1.69 bits per heavy atom. The van der Waals surface area contributed by atoms with E-state index in [1.807, 2.05) is 0 Å². The number of anilines is 1. The third-order valence-corrected chi connectivity index (χ3v) is 6.69. The van der Waals surface area contributed by atoms with E-state index < -0.39 is 6.29 Å². The minimum Gasteiger partial charge on any atom is -0.460 e. The Morgan fingerprint density at radius 3 is 2.31 bits per heavy atom. The van der Waals surface area contributed by atoms with Crippen LogP contribution in [0.1, 0.15) is 78.0 Å². The molecule has 3 aliphatic heterocycles. The summed E-state index contributed by atoms with van der Waals surface area (Å²) >= 11 is 0. The number of nitrogens with zero attached hydrogens (tertiary/aromatic N) is 1. The predicted octanol–water partition coefficient (Wildman–Crippen LogP) is 5.00. The Bertz CT molecular complexity index is 793. The number of aliphatic hydroxyl groups excluding tert-OH is 1. The minimum absolute atomic E-state index is 0.0478. The van der Waals surface area contributed by atoms with E-state index in [0.29, 0.717) is 0 Å². The lowest BCUT2D eigenvalue weighted by atomic mass is 9.68. The Labute approximate surface area is 158 Å². The Morgan fingerprint density at radius 1 is 1.08 bits per heavy atom. The molecule has 3 aliphatic rings. The van der Waals surface area contributed by atoms with Crippen molar-refractivity contribution in [3.63, 3.8) is 0 Å². The van der Waals surface area contributed by atoms with Gasteiger partial charge in [0, 0.05) is 35.5 Å². The van der Waals surface area contributed by atoms with Crippen LogP contribution in [0.2, 0.25) is 0 Å². The molecular formula is C23H33NO2. The van der Waals surface area contributed by atoms with Crippen LogP contribution < -0.4 is 9.64 Å². The van der Waals surface area contributed by atoms with Gasteiger partial charge in [-0.2, -0.15) is 0 Å². The van der Waals surface area contributed by atoms with Crippen LogP contribution in [0.5, 0.6) is 5.75 Å². The normalized spacial score (nSPS) is 25.8. The summed E-state index contributed by atoms with van der Waals surface area (Å²) in [6.07, 6.45) is 3.61. The first-order valence-corrected chi connectivity index (χ1v) is 9.95. The van der Waals surface area contributed by atoms with Crippen molar-refractivity contribution in [1.29, 1.82) is 0 Å². The summed E-state index contributed by atoms with van der Waals surface area (Å²) in [6, 6.07) is 2.33. The maximum atomic E-state index is 10.7. The average Bonchev–Trinajstić information content (AvgIpc) is 2.50. The number of ether oxygens (including phenoxy) is 1. The van der Waals surface area contributed by atoms with Crippen LogP contribution in [0.3, 0.4) is 0 Å². The lowest BCUT2D eigenvalue weighted by molar-refractivity contribution is -0.00176. The summed E-state index contributed by atoms with van der Waals surface area (Å²) in [5.74, 6) is 0.900. The van der Waals surface area contributed by atoms with Crippen LogP contribution >= 0.6 is 0 Å². The highest BCUT2D eigenvalue weighted by Gasteiger charge is 2.44. The van der Waals surface area contributed by atoms with E-state index in [9.17, 15) is 5.11 Å². The van der Waals surface area contributed by atoms with Crippen molar-refractivity contribution in [3.8, 4) is 5.75 Å². The van der Waals surface area contributed by atoms with E-state index >= 15 is 0 Å². The van der Waals surface area contributed by atoms with Crippen LogP contribution in [0.15, 0.2) is 11.6 Å². The number of fused-ring (bicyclic) bond motifs is 2. The molecule has 0 amide bonds. The number of hydrogen-bond donors (Lipinski definition) is 1. The highest BCUT2D eigenvalue weighted by atomic mass is 16.6. The van der Waals surface area contributed by atoms with Gasteiger partial charge in [-0.1, -0.05) is 48.5 Å². The van der Waals surface area contributed by atoms with Gasteiger partial charge in [0.1, 0.15) is 5.75 Å². The van der Waals surface area contributed by atoms with Crippen molar-refractivity contribution in [2.45, 2.75) is 78.4 Å². The van der Waals surface area contributed by atoms with Gasteiger partial charge < -0.3 is 14.7 Å². The van der Waals surface area contributed by atoms with Gasteiger partial charge >= 0.3 is 0 Å². The first kappa shape index (κ1) is 17.9. The maximum absolute atomic E-state index is 10.7. The molecule has 0 saturated carbocycles. The molecule has 0 bridgehead atoms. The molecule has 4 rings (SSSR count). The summed E-state index contributed by atoms with van der Waals surface area (Å²) < 4.78 is 6.21. The van der Waals surface area contributed by atoms with Crippen LogP contribution in [-0.2, 0) is 10.8 Å². The van der Waals surface area contributed by atoms with Crippen LogP contribution in [0.4, 0.5) is 5.69 Å². The number of aliphatic hydroxyl groups is 1. The van der Waals surface area contributed by atoms with Crippen molar-refractivity contribution in [2.75, 3.05) is 18.0 Å². The molecule has 3 nitrogen and oxygen atoms in total. The molecule has 0 aliphatic carbocycles. The number of benzene rings is 1. The molecule has 3 heterocycles. The van der Waals surface area contributed by atoms with Gasteiger partial charge in [0.25, 0.3) is 0 Å². The van der Waals surface area contributed by atoms with Crippen molar-refractivity contribution in [1.82, 2.24) is 0 Å². The summed E-state index contributed by atoms with van der Waals surface area (Å²) in [6.45, 7) is 18.0. The second kappa shape index (κ2) is 5.28. The van der Waals surface area contributed by atoms with Crippen molar-refractivity contribution in [3.05, 3.63) is 28.3 Å². The second-order valence-corrected chi connectivity index (χ2v) is 10.6. The number of hydrogen-bond acceptors (Lipinski definition) is 3. The van der Waals surface area contributed by atoms with E-state index in [-0.39, 0.29) is 16.2 Å². The van der Waals surface area contributed by atoms with Gasteiger partial charge in [-0.25, -0.2) is 0 Å². The monoisotopic (exact) mass is 355 g/mol. The van der Waals surface area contributed by atoms with Crippen molar-refractivity contribution in [2.24, 2.45) is 5.41 Å². The highest BCUT2D eigenvalue weighted by Crippen LogP contribution is 2.55. The van der Waals surface area contributed by atoms with E-state index in [4.69, 9.17) is 4.74 Å². The fraction of sp³-hybridized carbons (Fsp3) is 0.652. The Kier molecular flexibility index (Phi) is 3.64. The molecule has 1 aromatic carbocycles. The zero-order valence-electron chi connectivity index (χ0n) is 17.4. The third kappa shape index (κ3) is 2.51. The molecule has 0 spiro atoms. The predicted molar refractivity (Wildman–Crippen MR) is 108 cm³/mol. The molecule has 1 N–H and O–H groups in total. The highest BCUT2D eigenvalue weighted by molar-refractivity contribution is 5.79. The van der Waals surface area contributed by atoms with Crippen LogP contribution in [0, 0.1) is 5.41 Å². The largest absolute Gasteiger partial charge is 0.460 e. The van der Waals surface area contributed by atoms with Gasteiger partial charge in [-0.15, -0.1) is 0 Å². The average molecular weight is 356 g/mol. The van der Waals surface area contributed by atoms with Crippen LogP contribution in [0.25, 0.3) is 6.08 Å². The van der Waals surface area contributed by atoms with Gasteiger partial charge in [0.2, 0.25) is 6.29 Å². The fourth-order valence-electron chi connectivity index (χ4n) is 4.81. The van der Waals surface area contributed by atoms with Gasteiger partial charge in [-0.05, 0) is 46.8 Å². The zero-order chi connectivity index (χ0) is 19.1. The van der Waals surface area contributed by atoms with E-state index in [1.54, 1.807) is 0 Å². The third-order valence-electron chi connectivity index (χ3n) is 6.69. The molecule has 0 fully saturated rings. The van der Waals surface area contributed by atoms with Crippen molar-refractivity contribution < 1.29 is 9.84 Å². The van der Waals surface area contributed by atoms with Gasteiger partial charge in [-0.3, -0.25) is 0 Å². The molecule has 0 saturated heterocycles. The van der Waals surface area contributed by atoms with Crippen LogP contribution in [-0.4, -0.2) is 24.5 Å². The standard InChI is InChI=1S/C23H33NO2/c1-21(2,3)16-13-14-12-15-18-17(19(14)26-20(16)25)23(6,7)9-11-24(18)10-8-22(15,4)5/h12-13,20,25H,8-11H2,1-7H3. The lowest BCUT2D eigenvalue weighted by Crippen LogP contribution is -2.45. The first-order chi connectivity index (χ1) is 11.9. The molecule has 26 heavy (non-hydrogen) atoms. The molecule has 3 heteroatoms. The zero-order valence-corrected chi connectivity index (χ0v) is 17.4.